The Labute approximate surface area is 96.4 Å². The number of hydrogen-bond acceptors (Lipinski definition) is 4. The minimum Gasteiger partial charge on any atom is -0.395 e. The van der Waals surface area contributed by atoms with Crippen LogP contribution in [0.2, 0.25) is 0 Å². The second-order valence-corrected chi connectivity index (χ2v) is 3.63. The molecule has 0 radical (unpaired) electrons. The number of carbonyl (C=O) groups excluding carboxylic acids is 1. The maximum Gasteiger partial charge on any atom is 0.263 e. The van der Waals surface area contributed by atoms with Crippen LogP contribution in [0, 0.1) is 11.3 Å². The molecule has 0 saturated heterocycles. The third kappa shape index (κ3) is 5.37. The van der Waals surface area contributed by atoms with Gasteiger partial charge < -0.3 is 15.3 Å². The van der Waals surface area contributed by atoms with E-state index >= 15 is 0 Å². The molecule has 0 aliphatic heterocycles. The largest absolute Gasteiger partial charge is 0.395 e. The Bertz CT molecular complexity index is 292. The van der Waals surface area contributed by atoms with Crippen LogP contribution in [-0.4, -0.2) is 41.7 Å². The van der Waals surface area contributed by atoms with Gasteiger partial charge in [-0.1, -0.05) is 0 Å². The summed E-state index contributed by atoms with van der Waals surface area (Å²) < 4.78 is 0. The predicted octanol–water partition coefficient (Wildman–Crippen LogP) is 0.233. The number of aliphatic hydroxyl groups excluding tert-OH is 1. The van der Waals surface area contributed by atoms with Gasteiger partial charge in [-0.2, -0.15) is 5.26 Å². The molecule has 0 aliphatic rings. The molecule has 5 heteroatoms. The van der Waals surface area contributed by atoms with E-state index in [1.165, 1.54) is 6.20 Å². The smallest absolute Gasteiger partial charge is 0.263 e. The van der Waals surface area contributed by atoms with Crippen molar-refractivity contribution in [2.24, 2.45) is 0 Å². The number of amides is 1. The van der Waals surface area contributed by atoms with Gasteiger partial charge in [-0.15, -0.1) is 0 Å². The van der Waals surface area contributed by atoms with Gasteiger partial charge in [0.25, 0.3) is 5.91 Å². The van der Waals surface area contributed by atoms with Gasteiger partial charge in [-0.25, -0.2) is 0 Å². The molecular formula is C11H19N3O2. The number of nitrogens with zero attached hydrogens (tertiary/aromatic N) is 2. The van der Waals surface area contributed by atoms with Crippen LogP contribution in [0.15, 0.2) is 11.8 Å². The van der Waals surface area contributed by atoms with Crippen molar-refractivity contribution in [3.05, 3.63) is 11.8 Å². The summed E-state index contributed by atoms with van der Waals surface area (Å²) in [7, 11) is 0. The van der Waals surface area contributed by atoms with Crippen LogP contribution in [0.5, 0.6) is 0 Å². The van der Waals surface area contributed by atoms with Crippen LogP contribution >= 0.6 is 0 Å². The molecule has 5 nitrogen and oxygen atoms in total. The lowest BCUT2D eigenvalue weighted by molar-refractivity contribution is -0.117. The first-order chi connectivity index (χ1) is 7.54. The number of nitrogens with one attached hydrogen (secondary N) is 1. The van der Waals surface area contributed by atoms with Crippen molar-refractivity contribution in [2.45, 2.75) is 26.8 Å². The summed E-state index contributed by atoms with van der Waals surface area (Å²) in [4.78, 5) is 13.3. The Hall–Kier alpha value is -1.54. The van der Waals surface area contributed by atoms with E-state index < -0.39 is 0 Å². The van der Waals surface area contributed by atoms with E-state index in [-0.39, 0.29) is 24.1 Å². The molecule has 0 aromatic carbocycles. The van der Waals surface area contributed by atoms with Gasteiger partial charge in [0.1, 0.15) is 11.6 Å². The molecule has 0 unspecified atom stereocenters. The molecule has 16 heavy (non-hydrogen) atoms. The van der Waals surface area contributed by atoms with E-state index in [4.69, 9.17) is 10.4 Å². The highest BCUT2D eigenvalue weighted by atomic mass is 16.3. The normalized spacial score (nSPS) is 11.1. The zero-order chi connectivity index (χ0) is 12.6. The summed E-state index contributed by atoms with van der Waals surface area (Å²) in [5.41, 5.74) is 0.0593. The third-order valence-electron chi connectivity index (χ3n) is 1.89. The van der Waals surface area contributed by atoms with Gasteiger partial charge in [0, 0.05) is 25.3 Å². The fraction of sp³-hybridized carbons (Fsp3) is 0.636. The van der Waals surface area contributed by atoms with Crippen molar-refractivity contribution in [3.63, 3.8) is 0 Å². The van der Waals surface area contributed by atoms with Gasteiger partial charge in [-0.3, -0.25) is 4.79 Å². The van der Waals surface area contributed by atoms with Gasteiger partial charge in [0.15, 0.2) is 0 Å². The Morgan fingerprint density at radius 2 is 2.25 bits per heavy atom. The molecule has 1 amide bonds. The average molecular weight is 225 g/mol. The number of rotatable bonds is 6. The molecule has 0 aromatic rings. The first-order valence-corrected chi connectivity index (χ1v) is 5.32. The summed E-state index contributed by atoms with van der Waals surface area (Å²) in [6.07, 6.45) is 1.48. The summed E-state index contributed by atoms with van der Waals surface area (Å²) in [5, 5.41) is 20.3. The Morgan fingerprint density at radius 3 is 2.62 bits per heavy atom. The Kier molecular flexibility index (Phi) is 6.97. The van der Waals surface area contributed by atoms with Gasteiger partial charge in [0.05, 0.1) is 6.61 Å². The fourth-order valence-corrected chi connectivity index (χ4v) is 1.10. The van der Waals surface area contributed by atoms with E-state index in [2.05, 4.69) is 5.32 Å². The van der Waals surface area contributed by atoms with E-state index in [0.717, 1.165) is 0 Å². The number of likely N-dealkylation sites (N-methyl/N-ethyl adjacent to an activating group) is 1. The average Bonchev–Trinajstić information content (AvgIpc) is 2.22. The van der Waals surface area contributed by atoms with E-state index in [1.54, 1.807) is 4.90 Å². The molecule has 2 N–H and O–H groups in total. The van der Waals surface area contributed by atoms with Gasteiger partial charge in [0.2, 0.25) is 0 Å². The molecule has 0 aromatic heterocycles. The van der Waals surface area contributed by atoms with Crippen LogP contribution in [0.1, 0.15) is 20.8 Å². The van der Waals surface area contributed by atoms with Crippen molar-refractivity contribution in [2.75, 3.05) is 19.7 Å². The molecule has 90 valence electrons. The molecule has 0 aliphatic carbocycles. The molecule has 0 heterocycles. The topological polar surface area (TPSA) is 76.4 Å². The molecular weight excluding hydrogens is 206 g/mol. The van der Waals surface area contributed by atoms with Crippen LogP contribution in [0.3, 0.4) is 0 Å². The number of hydrogen-bond donors (Lipinski definition) is 2. The van der Waals surface area contributed by atoms with Crippen LogP contribution in [0.4, 0.5) is 0 Å². The lowest BCUT2D eigenvalue weighted by Crippen LogP contribution is -2.32. The zero-order valence-corrected chi connectivity index (χ0v) is 10.0. The highest BCUT2D eigenvalue weighted by Gasteiger charge is 2.11. The number of nitriles is 1. The summed E-state index contributed by atoms with van der Waals surface area (Å²) in [6, 6.07) is 1.85. The van der Waals surface area contributed by atoms with Crippen LogP contribution < -0.4 is 5.32 Å². The quantitative estimate of drug-likeness (QED) is 0.501. The Balaban J connectivity index is 4.64. The van der Waals surface area contributed by atoms with Crippen molar-refractivity contribution >= 4 is 5.91 Å². The minimum absolute atomic E-state index is 0.00262. The summed E-state index contributed by atoms with van der Waals surface area (Å²) in [5.74, 6) is -0.381. The van der Waals surface area contributed by atoms with Crippen LogP contribution in [-0.2, 0) is 4.79 Å². The van der Waals surface area contributed by atoms with E-state index in [0.29, 0.717) is 13.1 Å². The second-order valence-electron chi connectivity index (χ2n) is 3.63. The third-order valence-corrected chi connectivity index (χ3v) is 1.89. The summed E-state index contributed by atoms with van der Waals surface area (Å²) in [6.45, 7) is 6.60. The van der Waals surface area contributed by atoms with E-state index in [1.807, 2.05) is 26.8 Å². The minimum atomic E-state index is -0.381. The maximum atomic E-state index is 11.5. The monoisotopic (exact) mass is 225 g/mol. The standard InChI is InChI=1S/C11H19N3O2/c1-4-14(5-6-15)8-10(7-12)11(16)13-9(2)3/h8-9,15H,4-6H2,1-3H3,(H,13,16)/b10-8-. The zero-order valence-electron chi connectivity index (χ0n) is 10.0. The number of carbonyl (C=O) groups is 1. The second kappa shape index (κ2) is 7.71. The molecule has 0 rings (SSSR count). The first kappa shape index (κ1) is 14.5. The van der Waals surface area contributed by atoms with Crippen molar-refractivity contribution in [1.82, 2.24) is 10.2 Å². The highest BCUT2D eigenvalue weighted by molar-refractivity contribution is 5.97. The van der Waals surface area contributed by atoms with Crippen molar-refractivity contribution in [3.8, 4) is 6.07 Å². The molecule has 0 bridgehead atoms. The molecule has 0 atom stereocenters. The molecule has 0 spiro atoms. The first-order valence-electron chi connectivity index (χ1n) is 5.32. The predicted molar refractivity (Wildman–Crippen MR) is 61.3 cm³/mol. The molecule has 0 saturated carbocycles. The van der Waals surface area contributed by atoms with Crippen LogP contribution in [0.25, 0.3) is 0 Å². The van der Waals surface area contributed by atoms with E-state index in [9.17, 15) is 4.79 Å². The maximum absolute atomic E-state index is 11.5. The Morgan fingerprint density at radius 1 is 1.62 bits per heavy atom. The fourth-order valence-electron chi connectivity index (χ4n) is 1.10. The highest BCUT2D eigenvalue weighted by Crippen LogP contribution is 1.98. The van der Waals surface area contributed by atoms with Gasteiger partial charge in [-0.05, 0) is 20.8 Å². The molecule has 0 fully saturated rings. The lowest BCUT2D eigenvalue weighted by Gasteiger charge is -2.17. The SMILES string of the molecule is CCN(/C=C(/C#N)C(=O)NC(C)C)CCO. The number of aliphatic hydroxyl groups is 1. The van der Waals surface area contributed by atoms with Crippen molar-refractivity contribution < 1.29 is 9.90 Å². The lowest BCUT2D eigenvalue weighted by atomic mass is 10.2. The summed E-state index contributed by atoms with van der Waals surface area (Å²) >= 11 is 0. The van der Waals surface area contributed by atoms with Gasteiger partial charge >= 0.3 is 0 Å². The van der Waals surface area contributed by atoms with Crippen molar-refractivity contribution in [1.29, 1.82) is 5.26 Å².